The van der Waals surface area contributed by atoms with Crippen molar-refractivity contribution in [1.82, 2.24) is 9.80 Å². The number of carbonyl (C=O) groups excluding carboxylic acids is 1. The summed E-state index contributed by atoms with van der Waals surface area (Å²) in [5, 5.41) is 0. The van der Waals surface area contributed by atoms with Crippen molar-refractivity contribution in [2.24, 2.45) is 0 Å². The average Bonchev–Trinajstić information content (AvgIpc) is 2.52. The van der Waals surface area contributed by atoms with Crippen molar-refractivity contribution in [3.63, 3.8) is 0 Å². The Hall–Kier alpha value is -1.60. The fourth-order valence-corrected chi connectivity index (χ4v) is 3.16. The molecule has 24 heavy (non-hydrogen) atoms. The van der Waals surface area contributed by atoms with Crippen molar-refractivity contribution in [3.05, 3.63) is 35.4 Å². The summed E-state index contributed by atoms with van der Waals surface area (Å²) in [6, 6.07) is 5.20. The standard InChI is InChI=1S/C17H23F3N2O2/c1-12-10-21(13(2)23)8-9-22(12)16(11-24-3)14-4-6-15(7-5-14)17(18,19)20/h4-7,12,16H,8-11H2,1-3H3. The Balaban J connectivity index is 2.19. The Morgan fingerprint density at radius 2 is 1.92 bits per heavy atom. The molecular weight excluding hydrogens is 321 g/mol. The van der Waals surface area contributed by atoms with E-state index in [1.807, 2.05) is 6.92 Å². The van der Waals surface area contributed by atoms with Crippen LogP contribution in [0.3, 0.4) is 0 Å². The van der Waals surface area contributed by atoms with E-state index in [9.17, 15) is 18.0 Å². The summed E-state index contributed by atoms with van der Waals surface area (Å²) >= 11 is 0. The predicted octanol–water partition coefficient (Wildman–Crippen LogP) is 2.95. The molecule has 0 aliphatic carbocycles. The minimum absolute atomic E-state index is 0.0410. The largest absolute Gasteiger partial charge is 0.416 e. The summed E-state index contributed by atoms with van der Waals surface area (Å²) in [6.07, 6.45) is -4.34. The fourth-order valence-electron chi connectivity index (χ4n) is 3.16. The van der Waals surface area contributed by atoms with E-state index in [4.69, 9.17) is 4.74 Å². The number of ether oxygens (including phenoxy) is 1. The smallest absolute Gasteiger partial charge is 0.383 e. The van der Waals surface area contributed by atoms with Crippen LogP contribution in [0.5, 0.6) is 0 Å². The lowest BCUT2D eigenvalue weighted by Gasteiger charge is -2.43. The molecule has 1 aromatic rings. The molecule has 0 spiro atoms. The molecule has 1 aliphatic heterocycles. The predicted molar refractivity (Wildman–Crippen MR) is 84.5 cm³/mol. The highest BCUT2D eigenvalue weighted by atomic mass is 19.4. The molecule has 0 radical (unpaired) electrons. The van der Waals surface area contributed by atoms with Gasteiger partial charge in [-0.25, -0.2) is 0 Å². The monoisotopic (exact) mass is 344 g/mol. The molecule has 0 bridgehead atoms. The Morgan fingerprint density at radius 1 is 1.29 bits per heavy atom. The van der Waals surface area contributed by atoms with E-state index >= 15 is 0 Å². The van der Waals surface area contributed by atoms with Gasteiger partial charge >= 0.3 is 6.18 Å². The van der Waals surface area contributed by atoms with Gasteiger partial charge in [-0.05, 0) is 24.6 Å². The van der Waals surface area contributed by atoms with Gasteiger partial charge in [0.2, 0.25) is 5.91 Å². The summed E-state index contributed by atoms with van der Waals surface area (Å²) in [4.78, 5) is 15.5. The van der Waals surface area contributed by atoms with Crippen LogP contribution in [0, 0.1) is 0 Å². The van der Waals surface area contributed by atoms with E-state index in [-0.39, 0.29) is 18.0 Å². The lowest BCUT2D eigenvalue weighted by atomic mass is 10.0. The summed E-state index contributed by atoms with van der Waals surface area (Å²) in [7, 11) is 1.58. The van der Waals surface area contributed by atoms with Crippen LogP contribution in [0.1, 0.15) is 31.0 Å². The number of nitrogens with zero attached hydrogens (tertiary/aromatic N) is 2. The molecule has 1 amide bonds. The molecule has 2 rings (SSSR count). The number of hydrogen-bond acceptors (Lipinski definition) is 3. The molecule has 1 heterocycles. The van der Waals surface area contributed by atoms with Crippen LogP contribution in [0.15, 0.2) is 24.3 Å². The van der Waals surface area contributed by atoms with Crippen LogP contribution in [-0.4, -0.2) is 55.1 Å². The SMILES string of the molecule is COCC(c1ccc(C(F)(F)F)cc1)N1CCN(C(C)=O)CC1C. The van der Waals surface area contributed by atoms with Crippen molar-refractivity contribution >= 4 is 5.91 Å². The van der Waals surface area contributed by atoms with Gasteiger partial charge in [-0.15, -0.1) is 0 Å². The van der Waals surface area contributed by atoms with Gasteiger partial charge in [-0.3, -0.25) is 9.69 Å². The molecule has 0 N–H and O–H groups in total. The normalized spacial score (nSPS) is 20.9. The minimum atomic E-state index is -4.34. The number of piperazine rings is 1. The summed E-state index contributed by atoms with van der Waals surface area (Å²) in [6.45, 7) is 5.83. The summed E-state index contributed by atoms with van der Waals surface area (Å²) in [5.41, 5.74) is 0.129. The van der Waals surface area contributed by atoms with E-state index in [1.54, 1.807) is 18.9 Å². The number of halogens is 3. The first-order chi connectivity index (χ1) is 11.2. The number of hydrogen-bond donors (Lipinski definition) is 0. The number of carbonyl (C=O) groups is 1. The minimum Gasteiger partial charge on any atom is -0.383 e. The lowest BCUT2D eigenvalue weighted by molar-refractivity contribution is -0.137. The van der Waals surface area contributed by atoms with E-state index in [0.717, 1.165) is 17.7 Å². The van der Waals surface area contributed by atoms with Gasteiger partial charge in [-0.1, -0.05) is 12.1 Å². The molecular formula is C17H23F3N2O2. The third-order valence-corrected chi connectivity index (χ3v) is 4.47. The van der Waals surface area contributed by atoms with Crippen LogP contribution < -0.4 is 0 Å². The average molecular weight is 344 g/mol. The molecule has 2 unspecified atom stereocenters. The fraction of sp³-hybridized carbons (Fsp3) is 0.588. The van der Waals surface area contributed by atoms with Crippen LogP contribution in [0.25, 0.3) is 0 Å². The first kappa shape index (κ1) is 18.7. The maximum absolute atomic E-state index is 12.7. The highest BCUT2D eigenvalue weighted by molar-refractivity contribution is 5.73. The van der Waals surface area contributed by atoms with Crippen LogP contribution in [0.2, 0.25) is 0 Å². The molecule has 1 saturated heterocycles. The second-order valence-electron chi connectivity index (χ2n) is 6.14. The van der Waals surface area contributed by atoms with E-state index in [0.29, 0.717) is 26.2 Å². The maximum atomic E-state index is 12.7. The number of rotatable bonds is 4. The third-order valence-electron chi connectivity index (χ3n) is 4.47. The van der Waals surface area contributed by atoms with Gasteiger partial charge in [0.1, 0.15) is 0 Å². The highest BCUT2D eigenvalue weighted by Gasteiger charge is 2.33. The van der Waals surface area contributed by atoms with E-state index < -0.39 is 11.7 Å². The Morgan fingerprint density at radius 3 is 2.38 bits per heavy atom. The topological polar surface area (TPSA) is 32.8 Å². The molecule has 134 valence electrons. The number of benzene rings is 1. The van der Waals surface area contributed by atoms with Gasteiger partial charge in [0, 0.05) is 39.7 Å². The van der Waals surface area contributed by atoms with Gasteiger partial charge in [0.15, 0.2) is 0 Å². The van der Waals surface area contributed by atoms with Gasteiger partial charge in [-0.2, -0.15) is 13.2 Å². The Bertz CT molecular complexity index is 560. The van der Waals surface area contributed by atoms with Gasteiger partial charge in [0.25, 0.3) is 0 Å². The number of amides is 1. The Kier molecular flexibility index (Phi) is 5.87. The lowest BCUT2D eigenvalue weighted by Crippen LogP contribution is -2.54. The van der Waals surface area contributed by atoms with Crippen LogP contribution >= 0.6 is 0 Å². The molecule has 0 saturated carbocycles. The zero-order valence-electron chi connectivity index (χ0n) is 14.1. The van der Waals surface area contributed by atoms with Crippen molar-refractivity contribution in [1.29, 1.82) is 0 Å². The first-order valence-electron chi connectivity index (χ1n) is 7.91. The molecule has 7 heteroatoms. The number of methoxy groups -OCH3 is 1. The third kappa shape index (κ3) is 4.27. The summed E-state index contributed by atoms with van der Waals surface area (Å²) < 4.78 is 43.5. The molecule has 1 aromatic carbocycles. The molecule has 0 aromatic heterocycles. The Labute approximate surface area is 140 Å². The second kappa shape index (κ2) is 7.53. The van der Waals surface area contributed by atoms with Crippen LogP contribution in [-0.2, 0) is 15.7 Å². The zero-order chi connectivity index (χ0) is 17.9. The highest BCUT2D eigenvalue weighted by Crippen LogP contribution is 2.32. The molecule has 1 fully saturated rings. The van der Waals surface area contributed by atoms with E-state index in [1.165, 1.54) is 12.1 Å². The maximum Gasteiger partial charge on any atom is 0.416 e. The molecule has 2 atom stereocenters. The summed E-state index contributed by atoms with van der Waals surface area (Å²) in [5.74, 6) is 0.0410. The molecule has 4 nitrogen and oxygen atoms in total. The molecule has 1 aliphatic rings. The first-order valence-corrected chi connectivity index (χ1v) is 7.91. The van der Waals surface area contributed by atoms with Crippen LogP contribution in [0.4, 0.5) is 13.2 Å². The van der Waals surface area contributed by atoms with Crippen molar-refractivity contribution < 1.29 is 22.7 Å². The van der Waals surface area contributed by atoms with Gasteiger partial charge in [0.05, 0.1) is 18.2 Å². The van der Waals surface area contributed by atoms with Crippen molar-refractivity contribution in [3.8, 4) is 0 Å². The quantitative estimate of drug-likeness (QED) is 0.842. The van der Waals surface area contributed by atoms with E-state index in [2.05, 4.69) is 4.90 Å². The van der Waals surface area contributed by atoms with Crippen molar-refractivity contribution in [2.45, 2.75) is 32.1 Å². The van der Waals surface area contributed by atoms with Gasteiger partial charge < -0.3 is 9.64 Å². The van der Waals surface area contributed by atoms with Crippen molar-refractivity contribution in [2.75, 3.05) is 33.4 Å². The number of alkyl halides is 3. The second-order valence-corrected chi connectivity index (χ2v) is 6.14. The zero-order valence-corrected chi connectivity index (χ0v) is 14.1.